The number of hydrogen-bond acceptors (Lipinski definition) is 2. The molecule has 0 bridgehead atoms. The summed E-state index contributed by atoms with van der Waals surface area (Å²) in [6.07, 6.45) is 5.61. The van der Waals surface area contributed by atoms with E-state index in [9.17, 15) is 0 Å². The SMILES string of the molecule is Cc1c(CC(C)(C)C)c2c(c3c1sc1c(-c4ccccc4)nccc13)C(C)(C)CCC2(C)C. The second-order valence-electron chi connectivity index (χ2n) is 12.6. The lowest BCUT2D eigenvalue weighted by molar-refractivity contribution is 0.326. The summed E-state index contributed by atoms with van der Waals surface area (Å²) in [5.74, 6) is 0. The fourth-order valence-corrected chi connectivity index (χ4v) is 7.33. The van der Waals surface area contributed by atoms with Crippen molar-refractivity contribution in [3.8, 4) is 11.3 Å². The number of nitrogens with zero attached hydrogens (tertiary/aromatic N) is 1. The minimum absolute atomic E-state index is 0.160. The average Bonchev–Trinajstić information content (AvgIpc) is 3.13. The first-order valence-corrected chi connectivity index (χ1v) is 13.2. The molecule has 0 saturated heterocycles. The molecule has 0 radical (unpaired) electrons. The van der Waals surface area contributed by atoms with Crippen LogP contribution in [-0.2, 0) is 17.3 Å². The molecular weight excluding hydrogens is 418 g/mol. The van der Waals surface area contributed by atoms with Crippen molar-refractivity contribution in [2.75, 3.05) is 0 Å². The molecule has 0 atom stereocenters. The van der Waals surface area contributed by atoms with Gasteiger partial charge in [-0.15, -0.1) is 11.3 Å². The minimum atomic E-state index is 0.160. The average molecular weight is 456 g/mol. The van der Waals surface area contributed by atoms with Crippen molar-refractivity contribution < 1.29 is 0 Å². The van der Waals surface area contributed by atoms with Crippen LogP contribution in [0.1, 0.15) is 83.6 Å². The molecule has 1 nitrogen and oxygen atoms in total. The molecular formula is C31H37NS. The third kappa shape index (κ3) is 3.62. The molecule has 0 aliphatic heterocycles. The largest absolute Gasteiger partial charge is 0.255 e. The van der Waals surface area contributed by atoms with E-state index < -0.39 is 0 Å². The number of aromatic nitrogens is 1. The fourth-order valence-electron chi connectivity index (χ4n) is 5.99. The molecule has 2 aromatic heterocycles. The molecule has 2 heteroatoms. The zero-order chi connectivity index (χ0) is 23.8. The summed E-state index contributed by atoms with van der Waals surface area (Å²) in [6.45, 7) is 19.4. The molecule has 1 aliphatic carbocycles. The van der Waals surface area contributed by atoms with E-state index in [2.05, 4.69) is 91.8 Å². The third-order valence-electron chi connectivity index (χ3n) is 7.68. The minimum Gasteiger partial charge on any atom is -0.255 e. The Bertz CT molecular complexity index is 1360. The monoisotopic (exact) mass is 455 g/mol. The summed E-state index contributed by atoms with van der Waals surface area (Å²) in [6, 6.07) is 13.0. The third-order valence-corrected chi connectivity index (χ3v) is 9.01. The van der Waals surface area contributed by atoms with Gasteiger partial charge in [0.2, 0.25) is 0 Å². The van der Waals surface area contributed by atoms with Crippen LogP contribution >= 0.6 is 11.3 Å². The summed E-state index contributed by atoms with van der Waals surface area (Å²) >= 11 is 1.96. The van der Waals surface area contributed by atoms with Gasteiger partial charge in [-0.3, -0.25) is 4.98 Å². The maximum atomic E-state index is 4.87. The van der Waals surface area contributed by atoms with Gasteiger partial charge in [-0.25, -0.2) is 0 Å². The molecule has 2 aromatic carbocycles. The molecule has 5 rings (SSSR count). The van der Waals surface area contributed by atoms with Crippen LogP contribution in [0.25, 0.3) is 31.4 Å². The summed E-state index contributed by atoms with van der Waals surface area (Å²) in [5.41, 5.74) is 9.25. The number of fused-ring (bicyclic) bond motifs is 5. The van der Waals surface area contributed by atoms with Crippen LogP contribution in [0.3, 0.4) is 0 Å². The quantitative estimate of drug-likeness (QED) is 0.293. The Labute approximate surface area is 203 Å². The van der Waals surface area contributed by atoms with Crippen LogP contribution in [0, 0.1) is 12.3 Å². The number of benzene rings is 2. The number of hydrogen-bond donors (Lipinski definition) is 0. The predicted octanol–water partition coefficient (Wildman–Crippen LogP) is 9.36. The Hall–Kier alpha value is -2.19. The summed E-state index contributed by atoms with van der Waals surface area (Å²) in [5, 5.41) is 2.88. The van der Waals surface area contributed by atoms with Gasteiger partial charge in [0.05, 0.1) is 10.4 Å². The highest BCUT2D eigenvalue weighted by molar-refractivity contribution is 7.26. The van der Waals surface area contributed by atoms with Crippen molar-refractivity contribution in [2.24, 2.45) is 5.41 Å². The first-order valence-electron chi connectivity index (χ1n) is 12.3. The smallest absolute Gasteiger partial charge is 0.0880 e. The van der Waals surface area contributed by atoms with E-state index in [1.54, 1.807) is 16.7 Å². The van der Waals surface area contributed by atoms with E-state index in [1.165, 1.54) is 44.1 Å². The molecule has 2 heterocycles. The van der Waals surface area contributed by atoms with Gasteiger partial charge in [-0.05, 0) is 70.8 Å². The molecule has 172 valence electrons. The fraction of sp³-hybridized carbons (Fsp3) is 0.452. The van der Waals surface area contributed by atoms with Gasteiger partial charge in [-0.2, -0.15) is 0 Å². The topological polar surface area (TPSA) is 12.9 Å². The van der Waals surface area contributed by atoms with E-state index in [-0.39, 0.29) is 16.2 Å². The maximum Gasteiger partial charge on any atom is 0.0880 e. The Morgan fingerprint density at radius 1 is 0.879 bits per heavy atom. The first-order chi connectivity index (χ1) is 15.4. The van der Waals surface area contributed by atoms with Gasteiger partial charge in [-0.1, -0.05) is 78.8 Å². The van der Waals surface area contributed by atoms with Gasteiger partial charge in [0.1, 0.15) is 0 Å². The predicted molar refractivity (Wildman–Crippen MR) is 146 cm³/mol. The first kappa shape index (κ1) is 22.6. The van der Waals surface area contributed by atoms with Crippen LogP contribution < -0.4 is 0 Å². The Morgan fingerprint density at radius 3 is 2.15 bits per heavy atom. The lowest BCUT2D eigenvalue weighted by Gasteiger charge is -2.45. The lowest BCUT2D eigenvalue weighted by atomic mass is 9.59. The Kier molecular flexibility index (Phi) is 5.07. The number of rotatable bonds is 2. The van der Waals surface area contributed by atoms with Gasteiger partial charge >= 0.3 is 0 Å². The highest BCUT2D eigenvalue weighted by Crippen LogP contribution is 2.55. The highest BCUT2D eigenvalue weighted by Gasteiger charge is 2.42. The van der Waals surface area contributed by atoms with Crippen LogP contribution in [0.4, 0.5) is 0 Å². The van der Waals surface area contributed by atoms with Crippen LogP contribution in [0.2, 0.25) is 0 Å². The standard InChI is InChI=1S/C31H37NS/c1-19-22(18-29(2,3)4)24-25(31(7,8)16-15-30(24,5)6)23-21-14-17-32-26(28(21)33-27(19)23)20-12-10-9-11-13-20/h9-14,17H,15-16,18H2,1-8H3. The number of aryl methyl sites for hydroxylation is 1. The van der Waals surface area contributed by atoms with Gasteiger partial charge < -0.3 is 0 Å². The van der Waals surface area contributed by atoms with E-state index >= 15 is 0 Å². The molecule has 0 spiro atoms. The van der Waals surface area contributed by atoms with Gasteiger partial charge in [0.25, 0.3) is 0 Å². The van der Waals surface area contributed by atoms with E-state index in [1.807, 2.05) is 17.5 Å². The zero-order valence-electron chi connectivity index (χ0n) is 21.5. The van der Waals surface area contributed by atoms with Crippen molar-refractivity contribution in [1.82, 2.24) is 4.98 Å². The summed E-state index contributed by atoms with van der Waals surface area (Å²) < 4.78 is 2.80. The highest BCUT2D eigenvalue weighted by atomic mass is 32.1. The van der Waals surface area contributed by atoms with Crippen molar-refractivity contribution in [3.05, 3.63) is 64.8 Å². The van der Waals surface area contributed by atoms with E-state index in [0.29, 0.717) is 0 Å². The summed E-state index contributed by atoms with van der Waals surface area (Å²) in [4.78, 5) is 4.87. The molecule has 4 aromatic rings. The van der Waals surface area contributed by atoms with Gasteiger partial charge in [0, 0.05) is 27.2 Å². The van der Waals surface area contributed by atoms with Crippen molar-refractivity contribution in [2.45, 2.75) is 85.5 Å². The van der Waals surface area contributed by atoms with Crippen LogP contribution in [0.5, 0.6) is 0 Å². The second-order valence-corrected chi connectivity index (χ2v) is 13.6. The Morgan fingerprint density at radius 2 is 1.52 bits per heavy atom. The van der Waals surface area contributed by atoms with Crippen molar-refractivity contribution >= 4 is 31.5 Å². The van der Waals surface area contributed by atoms with Gasteiger partial charge in [0.15, 0.2) is 0 Å². The molecule has 0 saturated carbocycles. The van der Waals surface area contributed by atoms with E-state index in [0.717, 1.165) is 12.1 Å². The molecule has 0 amide bonds. The van der Waals surface area contributed by atoms with Crippen molar-refractivity contribution in [3.63, 3.8) is 0 Å². The van der Waals surface area contributed by atoms with Crippen molar-refractivity contribution in [1.29, 1.82) is 0 Å². The van der Waals surface area contributed by atoms with Crippen LogP contribution in [0.15, 0.2) is 42.6 Å². The lowest BCUT2D eigenvalue weighted by Crippen LogP contribution is -2.36. The molecule has 0 unspecified atom stereocenters. The zero-order valence-corrected chi connectivity index (χ0v) is 22.3. The second kappa shape index (κ2) is 7.40. The Balaban J connectivity index is 1.98. The molecule has 33 heavy (non-hydrogen) atoms. The molecule has 0 N–H and O–H groups in total. The number of thiophene rings is 1. The normalized spacial score (nSPS) is 17.5. The molecule has 1 aliphatic rings. The maximum absolute atomic E-state index is 4.87. The summed E-state index contributed by atoms with van der Waals surface area (Å²) in [7, 11) is 0. The number of pyridine rings is 1. The van der Waals surface area contributed by atoms with E-state index in [4.69, 9.17) is 4.98 Å². The molecule has 0 fully saturated rings. The van der Waals surface area contributed by atoms with Crippen LogP contribution in [-0.4, -0.2) is 4.98 Å².